The number of hydrogen-bond donors (Lipinski definition) is 2. The first-order valence-corrected chi connectivity index (χ1v) is 7.68. The monoisotopic (exact) mass is 318 g/mol. The predicted octanol–water partition coefficient (Wildman–Crippen LogP) is 4.65. The first-order valence-electron chi connectivity index (χ1n) is 7.27. The van der Waals surface area contributed by atoms with E-state index >= 15 is 0 Å². The first-order chi connectivity index (χ1) is 10.6. The Morgan fingerprint density at radius 3 is 2.55 bits per heavy atom. The van der Waals surface area contributed by atoms with Crippen LogP contribution < -0.4 is 10.6 Å². The van der Waals surface area contributed by atoms with Crippen molar-refractivity contribution in [3.05, 3.63) is 59.2 Å². The first kappa shape index (κ1) is 14.9. The van der Waals surface area contributed by atoms with Gasteiger partial charge in [0.05, 0.1) is 5.69 Å². The minimum Gasteiger partial charge on any atom is -0.332 e. The van der Waals surface area contributed by atoms with Gasteiger partial charge in [0.2, 0.25) is 0 Å². The van der Waals surface area contributed by atoms with Crippen molar-refractivity contribution < 1.29 is 8.78 Å². The lowest BCUT2D eigenvalue weighted by Crippen LogP contribution is -2.21. The van der Waals surface area contributed by atoms with Crippen LogP contribution in [0.5, 0.6) is 0 Å². The topological polar surface area (TPSA) is 24.1 Å². The van der Waals surface area contributed by atoms with E-state index in [1.165, 1.54) is 36.1 Å². The summed E-state index contributed by atoms with van der Waals surface area (Å²) in [5.41, 5.74) is 3.73. The molecule has 2 aromatic carbocycles. The number of hydrogen-bond acceptors (Lipinski definition) is 1. The fraction of sp³-hybridized carbons (Fsp3) is 0.235. The summed E-state index contributed by atoms with van der Waals surface area (Å²) in [4.78, 5) is 0. The van der Waals surface area contributed by atoms with Gasteiger partial charge in [-0.15, -0.1) is 0 Å². The standard InChI is InChI=1S/C17H16F2N2S/c18-12-8-9-16(14(19)10-12)21-17(22)20-15-7-3-5-11-4-1-2-6-13(11)15/h3,5,7-10H,1-2,4,6H2,(H2,20,21,22). The van der Waals surface area contributed by atoms with Crippen molar-refractivity contribution in [2.24, 2.45) is 0 Å². The van der Waals surface area contributed by atoms with Gasteiger partial charge in [-0.3, -0.25) is 0 Å². The molecule has 0 unspecified atom stereocenters. The molecule has 0 aliphatic heterocycles. The lowest BCUT2D eigenvalue weighted by Gasteiger charge is -2.20. The van der Waals surface area contributed by atoms with E-state index in [0.717, 1.165) is 24.6 Å². The predicted molar refractivity (Wildman–Crippen MR) is 89.3 cm³/mol. The second kappa shape index (κ2) is 6.40. The molecule has 0 fully saturated rings. The third kappa shape index (κ3) is 3.25. The molecule has 0 saturated heterocycles. The zero-order valence-corrected chi connectivity index (χ0v) is 12.8. The van der Waals surface area contributed by atoms with Crippen LogP contribution in [0.4, 0.5) is 20.2 Å². The molecular weight excluding hydrogens is 302 g/mol. The quantitative estimate of drug-likeness (QED) is 0.788. The van der Waals surface area contributed by atoms with E-state index in [4.69, 9.17) is 12.2 Å². The molecule has 0 saturated carbocycles. The molecule has 0 spiro atoms. The number of thiocarbonyl (C=S) groups is 1. The van der Waals surface area contributed by atoms with Crippen molar-refractivity contribution in [2.75, 3.05) is 10.6 Å². The Morgan fingerprint density at radius 1 is 0.955 bits per heavy atom. The van der Waals surface area contributed by atoms with Crippen LogP contribution >= 0.6 is 12.2 Å². The molecule has 5 heteroatoms. The smallest absolute Gasteiger partial charge is 0.175 e. The third-order valence-corrected chi connectivity index (χ3v) is 4.03. The molecule has 2 N–H and O–H groups in total. The van der Waals surface area contributed by atoms with Crippen LogP contribution in [0.1, 0.15) is 24.0 Å². The highest BCUT2D eigenvalue weighted by molar-refractivity contribution is 7.80. The Bertz CT molecular complexity index is 716. The maximum Gasteiger partial charge on any atom is 0.175 e. The van der Waals surface area contributed by atoms with Crippen molar-refractivity contribution in [3.63, 3.8) is 0 Å². The average molecular weight is 318 g/mol. The van der Waals surface area contributed by atoms with E-state index < -0.39 is 11.6 Å². The van der Waals surface area contributed by atoms with Crippen LogP contribution in [-0.4, -0.2) is 5.11 Å². The zero-order chi connectivity index (χ0) is 15.5. The van der Waals surface area contributed by atoms with Crippen molar-refractivity contribution in [1.82, 2.24) is 0 Å². The van der Waals surface area contributed by atoms with Gasteiger partial charge in [-0.2, -0.15) is 0 Å². The highest BCUT2D eigenvalue weighted by Gasteiger charge is 2.14. The molecule has 0 amide bonds. The molecule has 0 atom stereocenters. The molecule has 0 radical (unpaired) electrons. The SMILES string of the molecule is Fc1ccc(NC(=S)Nc2cccc3c2CCCC3)c(F)c1. The minimum absolute atomic E-state index is 0.156. The van der Waals surface area contributed by atoms with Gasteiger partial charge in [0.1, 0.15) is 11.6 Å². The molecule has 2 aromatic rings. The molecule has 3 rings (SSSR count). The van der Waals surface area contributed by atoms with Crippen molar-refractivity contribution in [1.29, 1.82) is 0 Å². The van der Waals surface area contributed by atoms with Crippen LogP contribution in [0.25, 0.3) is 0 Å². The summed E-state index contributed by atoms with van der Waals surface area (Å²) in [7, 11) is 0. The minimum atomic E-state index is -0.667. The Hall–Kier alpha value is -2.01. The lowest BCUT2D eigenvalue weighted by atomic mass is 9.90. The molecule has 1 aliphatic carbocycles. The molecule has 0 aromatic heterocycles. The van der Waals surface area contributed by atoms with Gasteiger partial charge in [-0.1, -0.05) is 12.1 Å². The largest absolute Gasteiger partial charge is 0.332 e. The summed E-state index contributed by atoms with van der Waals surface area (Å²) < 4.78 is 26.5. The second-order valence-corrected chi connectivity index (χ2v) is 5.76. The van der Waals surface area contributed by atoms with E-state index in [-0.39, 0.29) is 5.69 Å². The normalized spacial score (nSPS) is 13.4. The Kier molecular flexibility index (Phi) is 4.34. The van der Waals surface area contributed by atoms with Crippen LogP contribution in [-0.2, 0) is 12.8 Å². The van der Waals surface area contributed by atoms with Crippen molar-refractivity contribution in [3.8, 4) is 0 Å². The van der Waals surface area contributed by atoms with Gasteiger partial charge in [0, 0.05) is 11.8 Å². The zero-order valence-electron chi connectivity index (χ0n) is 12.0. The van der Waals surface area contributed by atoms with Gasteiger partial charge in [-0.05, 0) is 67.2 Å². The van der Waals surface area contributed by atoms with E-state index in [2.05, 4.69) is 16.7 Å². The Balaban J connectivity index is 1.75. The van der Waals surface area contributed by atoms with Gasteiger partial charge in [0.15, 0.2) is 5.11 Å². The fourth-order valence-corrected chi connectivity index (χ4v) is 2.99. The third-order valence-electron chi connectivity index (χ3n) is 3.82. The molecule has 2 nitrogen and oxygen atoms in total. The Morgan fingerprint density at radius 2 is 1.73 bits per heavy atom. The molecule has 1 aliphatic rings. The van der Waals surface area contributed by atoms with Crippen LogP contribution in [0, 0.1) is 11.6 Å². The molecule has 0 bridgehead atoms. The highest BCUT2D eigenvalue weighted by atomic mass is 32.1. The maximum atomic E-state index is 13.6. The van der Waals surface area contributed by atoms with Crippen LogP contribution in [0.3, 0.4) is 0 Å². The number of rotatable bonds is 2. The number of aryl methyl sites for hydroxylation is 1. The summed E-state index contributed by atoms with van der Waals surface area (Å²) in [5, 5.41) is 6.19. The molecule has 22 heavy (non-hydrogen) atoms. The van der Waals surface area contributed by atoms with Crippen molar-refractivity contribution in [2.45, 2.75) is 25.7 Å². The number of nitrogens with one attached hydrogen (secondary N) is 2. The molecular formula is C17H16F2N2S. The van der Waals surface area contributed by atoms with E-state index in [9.17, 15) is 8.78 Å². The van der Waals surface area contributed by atoms with Gasteiger partial charge in [-0.25, -0.2) is 8.78 Å². The van der Waals surface area contributed by atoms with Crippen LogP contribution in [0.2, 0.25) is 0 Å². The highest BCUT2D eigenvalue weighted by Crippen LogP contribution is 2.28. The Labute approximate surface area is 133 Å². The average Bonchev–Trinajstić information content (AvgIpc) is 2.50. The summed E-state index contributed by atoms with van der Waals surface area (Å²) in [6.07, 6.45) is 4.47. The summed E-state index contributed by atoms with van der Waals surface area (Å²) in [6.45, 7) is 0. The van der Waals surface area contributed by atoms with E-state index in [1.807, 2.05) is 12.1 Å². The molecule has 0 heterocycles. The fourth-order valence-electron chi connectivity index (χ4n) is 2.77. The molecule has 114 valence electrons. The number of anilines is 2. The van der Waals surface area contributed by atoms with E-state index in [1.54, 1.807) is 0 Å². The lowest BCUT2D eigenvalue weighted by molar-refractivity contribution is 0.586. The van der Waals surface area contributed by atoms with Gasteiger partial charge >= 0.3 is 0 Å². The summed E-state index contributed by atoms with van der Waals surface area (Å²) in [6, 6.07) is 9.45. The second-order valence-electron chi connectivity index (χ2n) is 5.35. The number of benzene rings is 2. The van der Waals surface area contributed by atoms with Gasteiger partial charge in [0.25, 0.3) is 0 Å². The summed E-state index contributed by atoms with van der Waals surface area (Å²) >= 11 is 5.23. The number of halogens is 2. The maximum absolute atomic E-state index is 13.6. The van der Waals surface area contributed by atoms with Crippen LogP contribution in [0.15, 0.2) is 36.4 Å². The van der Waals surface area contributed by atoms with E-state index in [0.29, 0.717) is 5.11 Å². The van der Waals surface area contributed by atoms with Crippen molar-refractivity contribution >= 4 is 28.7 Å². The number of fused-ring (bicyclic) bond motifs is 1. The van der Waals surface area contributed by atoms with Gasteiger partial charge < -0.3 is 10.6 Å². The summed E-state index contributed by atoms with van der Waals surface area (Å²) in [5.74, 6) is -1.28.